The Morgan fingerprint density at radius 2 is 2.03 bits per heavy atom. The third-order valence-corrected chi connectivity index (χ3v) is 6.06. The number of benzene rings is 2. The molecule has 1 unspecified atom stereocenters. The van der Waals surface area contributed by atoms with Gasteiger partial charge in [-0.3, -0.25) is 4.79 Å². The predicted molar refractivity (Wildman–Crippen MR) is 115 cm³/mol. The largest absolute Gasteiger partial charge is 0.384 e. The standard InChI is InChI=1S/C21H19Cl3FN3O2/c1-12(29)21(30)27-5-4-16(11-27)28(15-3-2-13(9-26)17(22)7-15)10-14-6-20(25)19(24)8-18(14)23/h2-3,6-8,12,16,29H,4-5,10-11H2,1H3/t12?,16-/m0/s1. The van der Waals surface area contributed by atoms with Gasteiger partial charge in [0.05, 0.1) is 15.6 Å². The van der Waals surface area contributed by atoms with Gasteiger partial charge in [0.2, 0.25) is 0 Å². The topological polar surface area (TPSA) is 67.6 Å². The van der Waals surface area contributed by atoms with Crippen LogP contribution in [0.1, 0.15) is 24.5 Å². The summed E-state index contributed by atoms with van der Waals surface area (Å²) in [4.78, 5) is 15.8. The van der Waals surface area contributed by atoms with Gasteiger partial charge in [-0.2, -0.15) is 5.26 Å². The second kappa shape index (κ2) is 9.40. The summed E-state index contributed by atoms with van der Waals surface area (Å²) in [6.45, 7) is 2.55. The zero-order valence-electron chi connectivity index (χ0n) is 16.1. The number of hydrogen-bond donors (Lipinski definition) is 1. The van der Waals surface area contributed by atoms with Crippen LogP contribution in [0.5, 0.6) is 0 Å². The molecule has 2 aromatic carbocycles. The van der Waals surface area contributed by atoms with Crippen molar-refractivity contribution in [3.63, 3.8) is 0 Å². The molecule has 1 N–H and O–H groups in total. The fraction of sp³-hybridized carbons (Fsp3) is 0.333. The summed E-state index contributed by atoms with van der Waals surface area (Å²) in [6.07, 6.45) is -0.439. The van der Waals surface area contributed by atoms with Gasteiger partial charge in [-0.05, 0) is 49.2 Å². The van der Waals surface area contributed by atoms with Crippen molar-refractivity contribution in [3.8, 4) is 6.07 Å². The molecule has 158 valence electrons. The molecule has 0 aromatic heterocycles. The molecule has 2 aromatic rings. The average Bonchev–Trinajstić information content (AvgIpc) is 3.18. The number of aliphatic hydroxyl groups is 1. The molecule has 1 aliphatic rings. The first kappa shape index (κ1) is 22.6. The van der Waals surface area contributed by atoms with Gasteiger partial charge in [-0.1, -0.05) is 34.8 Å². The highest BCUT2D eigenvalue weighted by atomic mass is 35.5. The number of nitrogens with zero attached hydrogens (tertiary/aromatic N) is 3. The SMILES string of the molecule is CC(O)C(=O)N1CC[C@H](N(Cc2cc(F)c(Cl)cc2Cl)c2ccc(C#N)c(Cl)c2)C1. The van der Waals surface area contributed by atoms with E-state index in [9.17, 15) is 14.3 Å². The monoisotopic (exact) mass is 469 g/mol. The molecule has 1 fully saturated rings. The maximum absolute atomic E-state index is 14.1. The molecule has 0 aliphatic carbocycles. The van der Waals surface area contributed by atoms with Crippen molar-refractivity contribution in [1.29, 1.82) is 5.26 Å². The Bertz CT molecular complexity index is 1010. The van der Waals surface area contributed by atoms with Gasteiger partial charge in [0.1, 0.15) is 18.0 Å². The van der Waals surface area contributed by atoms with Crippen LogP contribution in [0, 0.1) is 17.1 Å². The number of carbonyl (C=O) groups is 1. The van der Waals surface area contributed by atoms with E-state index < -0.39 is 11.9 Å². The lowest BCUT2D eigenvalue weighted by Crippen LogP contribution is -2.41. The number of anilines is 1. The van der Waals surface area contributed by atoms with Gasteiger partial charge in [0, 0.05) is 36.4 Å². The second-order valence-electron chi connectivity index (χ2n) is 7.16. The summed E-state index contributed by atoms with van der Waals surface area (Å²) < 4.78 is 14.1. The normalized spacial score (nSPS) is 17.0. The molecule has 0 bridgehead atoms. The number of hydrogen-bond acceptors (Lipinski definition) is 4. The van der Waals surface area contributed by atoms with Crippen LogP contribution in [-0.4, -0.2) is 41.1 Å². The van der Waals surface area contributed by atoms with Crippen molar-refractivity contribution < 1.29 is 14.3 Å². The molecule has 5 nitrogen and oxygen atoms in total. The van der Waals surface area contributed by atoms with Crippen molar-refractivity contribution in [3.05, 3.63) is 62.3 Å². The van der Waals surface area contributed by atoms with E-state index in [1.807, 2.05) is 11.0 Å². The molecule has 1 amide bonds. The highest BCUT2D eigenvalue weighted by molar-refractivity contribution is 6.35. The number of likely N-dealkylation sites (tertiary alicyclic amines) is 1. The summed E-state index contributed by atoms with van der Waals surface area (Å²) in [5.41, 5.74) is 1.58. The number of nitriles is 1. The van der Waals surface area contributed by atoms with Gasteiger partial charge in [0.15, 0.2) is 0 Å². The Kier molecular flexibility index (Phi) is 7.10. The van der Waals surface area contributed by atoms with Crippen molar-refractivity contribution in [1.82, 2.24) is 4.90 Å². The fourth-order valence-corrected chi connectivity index (χ4v) is 4.19. The lowest BCUT2D eigenvalue weighted by Gasteiger charge is -2.32. The van der Waals surface area contributed by atoms with E-state index in [-0.39, 0.29) is 23.5 Å². The summed E-state index contributed by atoms with van der Waals surface area (Å²) >= 11 is 18.3. The summed E-state index contributed by atoms with van der Waals surface area (Å²) in [7, 11) is 0. The van der Waals surface area contributed by atoms with Crippen LogP contribution < -0.4 is 4.90 Å². The third kappa shape index (κ3) is 4.81. The molecule has 1 heterocycles. The van der Waals surface area contributed by atoms with Gasteiger partial charge in [-0.25, -0.2) is 4.39 Å². The Hall–Kier alpha value is -2.04. The van der Waals surface area contributed by atoms with E-state index in [1.54, 1.807) is 23.1 Å². The Morgan fingerprint density at radius 1 is 1.30 bits per heavy atom. The van der Waals surface area contributed by atoms with Crippen LogP contribution in [0.25, 0.3) is 0 Å². The van der Waals surface area contributed by atoms with Gasteiger partial charge < -0.3 is 14.9 Å². The minimum absolute atomic E-state index is 0.0636. The van der Waals surface area contributed by atoms with Crippen LogP contribution >= 0.6 is 34.8 Å². The number of carbonyl (C=O) groups excluding carboxylic acids is 1. The summed E-state index contributed by atoms with van der Waals surface area (Å²) in [6, 6.07) is 9.58. The fourth-order valence-electron chi connectivity index (χ4n) is 3.53. The van der Waals surface area contributed by atoms with Crippen LogP contribution in [0.2, 0.25) is 15.1 Å². The highest BCUT2D eigenvalue weighted by Crippen LogP contribution is 2.32. The number of amides is 1. The van der Waals surface area contributed by atoms with Crippen LogP contribution in [0.4, 0.5) is 10.1 Å². The van der Waals surface area contributed by atoms with Crippen LogP contribution in [0.3, 0.4) is 0 Å². The van der Waals surface area contributed by atoms with E-state index in [0.29, 0.717) is 46.4 Å². The van der Waals surface area contributed by atoms with Crippen molar-refractivity contribution in [2.24, 2.45) is 0 Å². The van der Waals surface area contributed by atoms with E-state index in [4.69, 9.17) is 40.1 Å². The number of halogens is 4. The smallest absolute Gasteiger partial charge is 0.251 e. The maximum atomic E-state index is 14.1. The van der Waals surface area contributed by atoms with Gasteiger partial charge >= 0.3 is 0 Å². The van der Waals surface area contributed by atoms with E-state index in [0.717, 1.165) is 0 Å². The van der Waals surface area contributed by atoms with Crippen molar-refractivity contribution >= 4 is 46.4 Å². The minimum atomic E-state index is -1.08. The molecule has 9 heteroatoms. The molecule has 1 saturated heterocycles. The van der Waals surface area contributed by atoms with E-state index in [2.05, 4.69) is 0 Å². The van der Waals surface area contributed by atoms with Crippen molar-refractivity contribution in [2.45, 2.75) is 32.0 Å². The van der Waals surface area contributed by atoms with Crippen LogP contribution in [0.15, 0.2) is 30.3 Å². The van der Waals surface area contributed by atoms with E-state index in [1.165, 1.54) is 19.1 Å². The Labute approximate surface area is 189 Å². The highest BCUT2D eigenvalue weighted by Gasteiger charge is 2.32. The first-order valence-electron chi connectivity index (χ1n) is 9.27. The summed E-state index contributed by atoms with van der Waals surface area (Å²) in [5.74, 6) is -0.919. The average molecular weight is 471 g/mol. The molecule has 2 atom stereocenters. The Morgan fingerprint density at radius 3 is 2.67 bits per heavy atom. The first-order valence-corrected chi connectivity index (χ1v) is 10.4. The number of aliphatic hydroxyl groups excluding tert-OH is 1. The third-order valence-electron chi connectivity index (χ3n) is 5.11. The maximum Gasteiger partial charge on any atom is 0.251 e. The first-order chi connectivity index (χ1) is 14.2. The molecular formula is C21H19Cl3FN3O2. The molecular weight excluding hydrogens is 452 g/mol. The van der Waals surface area contributed by atoms with Crippen molar-refractivity contribution in [2.75, 3.05) is 18.0 Å². The molecule has 1 aliphatic heterocycles. The van der Waals surface area contributed by atoms with E-state index >= 15 is 0 Å². The number of rotatable bonds is 5. The lowest BCUT2D eigenvalue weighted by molar-refractivity contribution is -0.138. The minimum Gasteiger partial charge on any atom is -0.384 e. The quantitative estimate of drug-likeness (QED) is 0.646. The molecule has 0 radical (unpaired) electrons. The molecule has 3 rings (SSSR count). The second-order valence-corrected chi connectivity index (χ2v) is 8.39. The molecule has 30 heavy (non-hydrogen) atoms. The van der Waals surface area contributed by atoms with Gasteiger partial charge in [0.25, 0.3) is 5.91 Å². The Balaban J connectivity index is 1.96. The molecule has 0 spiro atoms. The lowest BCUT2D eigenvalue weighted by atomic mass is 10.1. The zero-order chi connectivity index (χ0) is 22.0. The molecule has 0 saturated carbocycles. The van der Waals surface area contributed by atoms with Gasteiger partial charge in [-0.15, -0.1) is 0 Å². The summed E-state index contributed by atoms with van der Waals surface area (Å²) in [5, 5.41) is 19.3. The zero-order valence-corrected chi connectivity index (χ0v) is 18.3. The van der Waals surface area contributed by atoms with Crippen LogP contribution in [-0.2, 0) is 11.3 Å². The predicted octanol–water partition coefficient (Wildman–Crippen LogP) is 4.65.